The summed E-state index contributed by atoms with van der Waals surface area (Å²) in [6.45, 7) is 7.35. The second-order valence-electron chi connectivity index (χ2n) is 6.26. The van der Waals surface area contributed by atoms with Crippen molar-refractivity contribution in [3.05, 3.63) is 35.9 Å². The van der Waals surface area contributed by atoms with Crippen LogP contribution in [0, 0.1) is 5.92 Å². The molecule has 128 valence electrons. The van der Waals surface area contributed by atoms with E-state index in [2.05, 4.69) is 5.32 Å². The van der Waals surface area contributed by atoms with E-state index in [0.29, 0.717) is 0 Å². The van der Waals surface area contributed by atoms with Crippen molar-refractivity contribution in [2.24, 2.45) is 5.92 Å². The number of halogens is 1. The van der Waals surface area contributed by atoms with E-state index in [4.69, 9.17) is 21.1 Å². The van der Waals surface area contributed by atoms with Crippen molar-refractivity contribution < 1.29 is 19.1 Å². The lowest BCUT2D eigenvalue weighted by molar-refractivity contribution is -0.146. The largest absolute Gasteiger partial charge is 0.449 e. The highest BCUT2D eigenvalue weighted by Crippen LogP contribution is 2.25. The lowest BCUT2D eigenvalue weighted by Gasteiger charge is -2.24. The molecule has 0 aliphatic rings. The summed E-state index contributed by atoms with van der Waals surface area (Å²) in [6, 6.07) is 9.34. The maximum absolute atomic E-state index is 12.2. The summed E-state index contributed by atoms with van der Waals surface area (Å²) < 4.78 is 10.1. The number of hydrogen-bond acceptors (Lipinski definition) is 4. The Bertz CT molecular complexity index is 513. The van der Waals surface area contributed by atoms with Gasteiger partial charge in [-0.2, -0.15) is 0 Å². The van der Waals surface area contributed by atoms with Crippen LogP contribution in [0.15, 0.2) is 30.3 Å². The van der Waals surface area contributed by atoms with Gasteiger partial charge in [-0.15, -0.1) is 0 Å². The predicted molar refractivity (Wildman–Crippen MR) is 89.4 cm³/mol. The van der Waals surface area contributed by atoms with Crippen molar-refractivity contribution in [2.75, 3.05) is 12.6 Å². The zero-order valence-corrected chi connectivity index (χ0v) is 14.7. The van der Waals surface area contributed by atoms with Crippen LogP contribution in [0.3, 0.4) is 0 Å². The summed E-state index contributed by atoms with van der Waals surface area (Å²) in [7, 11) is 0. The fourth-order valence-electron chi connectivity index (χ4n) is 2.12. The van der Waals surface area contributed by atoms with E-state index in [1.54, 1.807) is 20.8 Å². The molecule has 1 aromatic rings. The third-order valence-corrected chi connectivity index (χ3v) is 3.40. The van der Waals surface area contributed by atoms with E-state index in [0.717, 1.165) is 5.56 Å². The van der Waals surface area contributed by atoms with Gasteiger partial charge in [0.1, 0.15) is 5.60 Å². The molecule has 0 saturated heterocycles. The molecule has 0 aliphatic heterocycles. The first-order valence-electron chi connectivity index (χ1n) is 7.49. The zero-order chi connectivity index (χ0) is 17.5. The van der Waals surface area contributed by atoms with Crippen LogP contribution in [0.25, 0.3) is 0 Å². The normalized spacial score (nSPS) is 13.8. The average molecular weight is 342 g/mol. The smallest absolute Gasteiger partial charge is 0.407 e. The van der Waals surface area contributed by atoms with Crippen LogP contribution in [0.1, 0.15) is 39.2 Å². The fourth-order valence-corrected chi connectivity index (χ4v) is 2.23. The Morgan fingerprint density at radius 3 is 2.35 bits per heavy atom. The molecule has 0 heterocycles. The molecular formula is C17H24ClNO4. The molecule has 23 heavy (non-hydrogen) atoms. The Morgan fingerprint density at radius 1 is 1.22 bits per heavy atom. The highest BCUT2D eigenvalue weighted by molar-refractivity contribution is 6.17. The van der Waals surface area contributed by atoms with Crippen LogP contribution in [-0.4, -0.2) is 30.3 Å². The first kappa shape index (κ1) is 19.3. The molecule has 0 fully saturated rings. The van der Waals surface area contributed by atoms with Crippen molar-refractivity contribution in [1.82, 2.24) is 5.32 Å². The van der Waals surface area contributed by atoms with Gasteiger partial charge in [-0.1, -0.05) is 48.9 Å². The standard InChI is InChI=1S/C17H24ClNO4/c1-12(13-8-6-5-7-9-13)14(15(20)22-11-18)10-19-16(21)23-17(2,3)4/h5-9,12,14H,10-11H2,1-4H3,(H,19,21). The van der Waals surface area contributed by atoms with Gasteiger partial charge in [0, 0.05) is 6.54 Å². The number of hydrogen-bond donors (Lipinski definition) is 1. The molecule has 0 bridgehead atoms. The van der Waals surface area contributed by atoms with Crippen LogP contribution in [0.5, 0.6) is 0 Å². The second kappa shape index (κ2) is 8.77. The summed E-state index contributed by atoms with van der Waals surface area (Å²) >= 11 is 5.49. The lowest BCUT2D eigenvalue weighted by atomic mass is 9.87. The van der Waals surface area contributed by atoms with Gasteiger partial charge in [-0.25, -0.2) is 4.79 Å². The minimum absolute atomic E-state index is 0.112. The van der Waals surface area contributed by atoms with Gasteiger partial charge in [-0.05, 0) is 32.3 Å². The number of benzene rings is 1. The van der Waals surface area contributed by atoms with Crippen molar-refractivity contribution in [1.29, 1.82) is 0 Å². The Balaban J connectivity index is 2.77. The van der Waals surface area contributed by atoms with Gasteiger partial charge in [-0.3, -0.25) is 4.79 Å². The number of amides is 1. The molecule has 0 spiro atoms. The third kappa shape index (κ3) is 6.91. The number of alkyl halides is 1. The number of alkyl carbamates (subject to hydrolysis) is 1. The first-order chi connectivity index (χ1) is 10.7. The molecule has 0 radical (unpaired) electrons. The quantitative estimate of drug-likeness (QED) is 0.633. The topological polar surface area (TPSA) is 64.6 Å². The SMILES string of the molecule is CC(c1ccccc1)C(CNC(=O)OC(C)(C)C)C(=O)OCCl. The van der Waals surface area contributed by atoms with Gasteiger partial charge in [0.15, 0.2) is 6.07 Å². The highest BCUT2D eigenvalue weighted by atomic mass is 35.5. The molecule has 5 nitrogen and oxygen atoms in total. The van der Waals surface area contributed by atoms with E-state index < -0.39 is 23.6 Å². The monoisotopic (exact) mass is 341 g/mol. The van der Waals surface area contributed by atoms with Crippen molar-refractivity contribution >= 4 is 23.7 Å². The number of ether oxygens (including phenoxy) is 2. The van der Waals surface area contributed by atoms with Gasteiger partial charge in [0.2, 0.25) is 0 Å². The Labute approximate surface area is 142 Å². The van der Waals surface area contributed by atoms with Gasteiger partial charge in [0.05, 0.1) is 5.92 Å². The van der Waals surface area contributed by atoms with E-state index >= 15 is 0 Å². The number of carbonyl (C=O) groups is 2. The Hall–Kier alpha value is -1.75. The zero-order valence-electron chi connectivity index (χ0n) is 14.0. The number of rotatable bonds is 6. The number of nitrogens with one attached hydrogen (secondary N) is 1. The maximum Gasteiger partial charge on any atom is 0.407 e. The molecular weight excluding hydrogens is 318 g/mol. The summed E-state index contributed by atoms with van der Waals surface area (Å²) in [4.78, 5) is 23.9. The molecule has 1 rings (SSSR count). The van der Waals surface area contributed by atoms with Crippen molar-refractivity contribution in [3.8, 4) is 0 Å². The molecule has 0 aliphatic carbocycles. The van der Waals surface area contributed by atoms with Crippen LogP contribution in [-0.2, 0) is 14.3 Å². The molecule has 1 aromatic carbocycles. The van der Waals surface area contributed by atoms with Crippen LogP contribution < -0.4 is 5.32 Å². The number of carbonyl (C=O) groups excluding carboxylic acids is 2. The van der Waals surface area contributed by atoms with Crippen LogP contribution in [0.4, 0.5) is 4.79 Å². The van der Waals surface area contributed by atoms with Crippen LogP contribution >= 0.6 is 11.6 Å². The molecule has 2 atom stereocenters. The van der Waals surface area contributed by atoms with Crippen LogP contribution in [0.2, 0.25) is 0 Å². The van der Waals surface area contributed by atoms with E-state index in [1.165, 1.54) is 0 Å². The van der Waals surface area contributed by atoms with Gasteiger partial charge in [0.25, 0.3) is 0 Å². The minimum atomic E-state index is -0.596. The van der Waals surface area contributed by atoms with Crippen molar-refractivity contribution in [2.45, 2.75) is 39.2 Å². The predicted octanol–water partition coefficient (Wildman–Crippen LogP) is 3.67. The molecule has 0 saturated carbocycles. The third-order valence-electron chi connectivity index (χ3n) is 3.29. The number of esters is 1. The Morgan fingerprint density at radius 2 is 1.83 bits per heavy atom. The summed E-state index contributed by atoms with van der Waals surface area (Å²) in [5, 5.41) is 2.62. The first-order valence-corrected chi connectivity index (χ1v) is 8.02. The van der Waals surface area contributed by atoms with Gasteiger partial charge < -0.3 is 14.8 Å². The fraction of sp³-hybridized carbons (Fsp3) is 0.529. The minimum Gasteiger partial charge on any atom is -0.449 e. The summed E-state index contributed by atoms with van der Waals surface area (Å²) in [6.07, 6.45) is -0.568. The second-order valence-corrected chi connectivity index (χ2v) is 6.48. The molecule has 1 N–H and O–H groups in total. The average Bonchev–Trinajstić information content (AvgIpc) is 2.46. The summed E-state index contributed by atoms with van der Waals surface area (Å²) in [5.41, 5.74) is 0.386. The maximum atomic E-state index is 12.2. The van der Waals surface area contributed by atoms with E-state index in [1.807, 2.05) is 37.3 Å². The molecule has 2 unspecified atom stereocenters. The van der Waals surface area contributed by atoms with Gasteiger partial charge >= 0.3 is 12.1 Å². The van der Waals surface area contributed by atoms with Crippen molar-refractivity contribution in [3.63, 3.8) is 0 Å². The Kier molecular flexibility index (Phi) is 7.36. The highest BCUT2D eigenvalue weighted by Gasteiger charge is 2.29. The van der Waals surface area contributed by atoms with E-state index in [-0.39, 0.29) is 18.5 Å². The molecule has 6 heteroatoms. The lowest BCUT2D eigenvalue weighted by Crippen LogP contribution is -2.39. The molecule has 0 aromatic heterocycles. The summed E-state index contributed by atoms with van der Waals surface area (Å²) in [5.74, 6) is -1.14. The van der Waals surface area contributed by atoms with E-state index in [9.17, 15) is 9.59 Å². The molecule has 1 amide bonds.